The van der Waals surface area contributed by atoms with E-state index in [1.807, 2.05) is 4.90 Å². The van der Waals surface area contributed by atoms with Crippen LogP contribution in [0, 0.1) is 10.1 Å². The van der Waals surface area contributed by atoms with Crippen molar-refractivity contribution >= 4 is 33.4 Å². The van der Waals surface area contributed by atoms with E-state index in [1.54, 1.807) is 6.07 Å². The molecule has 1 amide bonds. The van der Waals surface area contributed by atoms with Crippen LogP contribution in [0.3, 0.4) is 0 Å². The summed E-state index contributed by atoms with van der Waals surface area (Å²) >= 11 is 3.44. The predicted octanol–water partition coefficient (Wildman–Crippen LogP) is 3.57. The summed E-state index contributed by atoms with van der Waals surface area (Å²) in [7, 11) is 1.43. The molecule has 26 heavy (non-hydrogen) atoms. The van der Waals surface area contributed by atoms with Gasteiger partial charge in [-0.1, -0.05) is 0 Å². The lowest BCUT2D eigenvalue weighted by Crippen LogP contribution is -2.47. The van der Waals surface area contributed by atoms with Crippen molar-refractivity contribution in [3.05, 3.63) is 26.7 Å². The van der Waals surface area contributed by atoms with E-state index < -0.39 is 4.92 Å². The van der Waals surface area contributed by atoms with Crippen LogP contribution in [-0.2, 0) is 4.74 Å². The Morgan fingerprint density at radius 3 is 2.65 bits per heavy atom. The standard InChI is InChI=1S/C17H22BrN3O5/c1-25-16-11-14(13(18)10-15(16)21(23)24)19-7-4-12(5-8-19)20-6-2-3-9-26-17(20)22/h10-12H,2-9H2,1H3. The molecule has 1 aromatic rings. The van der Waals surface area contributed by atoms with Gasteiger partial charge in [-0.2, -0.15) is 0 Å². The maximum Gasteiger partial charge on any atom is 0.410 e. The van der Waals surface area contributed by atoms with Crippen molar-refractivity contribution < 1.29 is 19.2 Å². The summed E-state index contributed by atoms with van der Waals surface area (Å²) in [5.74, 6) is 0.242. The van der Waals surface area contributed by atoms with Crippen LogP contribution >= 0.6 is 15.9 Å². The van der Waals surface area contributed by atoms with Gasteiger partial charge < -0.3 is 19.3 Å². The molecular weight excluding hydrogens is 406 g/mol. The summed E-state index contributed by atoms with van der Waals surface area (Å²) in [6.45, 7) is 2.77. The summed E-state index contributed by atoms with van der Waals surface area (Å²) in [6.07, 6.45) is 3.34. The van der Waals surface area contributed by atoms with Crippen LogP contribution in [0.2, 0.25) is 0 Å². The topological polar surface area (TPSA) is 85.2 Å². The minimum Gasteiger partial charge on any atom is -0.490 e. The van der Waals surface area contributed by atoms with Crippen molar-refractivity contribution in [3.8, 4) is 5.75 Å². The van der Waals surface area contributed by atoms with Crippen LogP contribution in [0.4, 0.5) is 16.2 Å². The number of nitro benzene ring substituents is 1. The Morgan fingerprint density at radius 1 is 1.27 bits per heavy atom. The molecule has 0 aromatic heterocycles. The van der Waals surface area contributed by atoms with E-state index in [9.17, 15) is 14.9 Å². The average Bonchev–Trinajstić information content (AvgIpc) is 2.86. The molecule has 2 aliphatic rings. The fourth-order valence-corrected chi connectivity index (χ4v) is 4.13. The Hall–Kier alpha value is -2.03. The SMILES string of the molecule is COc1cc(N2CCC(N3CCCCOC3=O)CC2)c(Br)cc1[N+](=O)[O-]. The number of amides is 1. The number of methoxy groups -OCH3 is 1. The van der Waals surface area contributed by atoms with Crippen molar-refractivity contribution in [2.24, 2.45) is 0 Å². The highest BCUT2D eigenvalue weighted by Gasteiger charge is 2.31. The molecule has 2 saturated heterocycles. The van der Waals surface area contributed by atoms with Crippen molar-refractivity contribution in [2.75, 3.05) is 38.3 Å². The van der Waals surface area contributed by atoms with Crippen molar-refractivity contribution in [1.29, 1.82) is 0 Å². The van der Waals surface area contributed by atoms with E-state index in [4.69, 9.17) is 9.47 Å². The van der Waals surface area contributed by atoms with Gasteiger partial charge in [-0.15, -0.1) is 0 Å². The van der Waals surface area contributed by atoms with E-state index in [2.05, 4.69) is 20.8 Å². The van der Waals surface area contributed by atoms with Crippen LogP contribution in [0.1, 0.15) is 25.7 Å². The molecular formula is C17H22BrN3O5. The zero-order chi connectivity index (χ0) is 18.7. The first-order chi connectivity index (χ1) is 12.5. The Bertz CT molecular complexity index is 691. The van der Waals surface area contributed by atoms with Gasteiger partial charge in [-0.25, -0.2) is 4.79 Å². The monoisotopic (exact) mass is 427 g/mol. The van der Waals surface area contributed by atoms with Gasteiger partial charge in [0.15, 0.2) is 5.75 Å². The van der Waals surface area contributed by atoms with E-state index >= 15 is 0 Å². The summed E-state index contributed by atoms with van der Waals surface area (Å²) < 4.78 is 11.1. The minimum atomic E-state index is -0.454. The lowest BCUT2D eigenvalue weighted by molar-refractivity contribution is -0.385. The molecule has 3 rings (SSSR count). The second kappa shape index (κ2) is 8.11. The molecule has 8 nitrogen and oxygen atoms in total. The molecule has 1 aromatic carbocycles. The van der Waals surface area contributed by atoms with E-state index in [1.165, 1.54) is 13.2 Å². The van der Waals surface area contributed by atoms with Crippen molar-refractivity contribution in [1.82, 2.24) is 4.90 Å². The molecule has 2 aliphatic heterocycles. The molecule has 0 spiro atoms. The van der Waals surface area contributed by atoms with Gasteiger partial charge in [0, 0.05) is 42.3 Å². The Balaban J connectivity index is 1.71. The lowest BCUT2D eigenvalue weighted by atomic mass is 10.0. The number of piperidine rings is 1. The molecule has 0 atom stereocenters. The van der Waals surface area contributed by atoms with Crippen LogP contribution in [0.15, 0.2) is 16.6 Å². The van der Waals surface area contributed by atoms with Crippen LogP contribution in [0.25, 0.3) is 0 Å². The van der Waals surface area contributed by atoms with Gasteiger partial charge in [0.2, 0.25) is 0 Å². The van der Waals surface area contributed by atoms with E-state index in [-0.39, 0.29) is 23.6 Å². The number of nitro groups is 1. The number of carbonyl (C=O) groups excluding carboxylic acids is 1. The number of benzene rings is 1. The number of carbonyl (C=O) groups is 1. The molecule has 9 heteroatoms. The molecule has 0 bridgehead atoms. The highest BCUT2D eigenvalue weighted by atomic mass is 79.9. The predicted molar refractivity (Wildman–Crippen MR) is 99.9 cm³/mol. The normalized spacial score (nSPS) is 19.1. The molecule has 0 unspecified atom stereocenters. The van der Waals surface area contributed by atoms with Gasteiger partial charge in [-0.05, 0) is 41.6 Å². The number of hydrogen-bond acceptors (Lipinski definition) is 6. The van der Waals surface area contributed by atoms with Gasteiger partial charge in [-0.3, -0.25) is 10.1 Å². The lowest BCUT2D eigenvalue weighted by Gasteiger charge is -2.38. The Morgan fingerprint density at radius 2 is 2.00 bits per heavy atom. The number of halogens is 1. The number of anilines is 1. The Kier molecular flexibility index (Phi) is 5.85. The molecule has 2 fully saturated rings. The fourth-order valence-electron chi connectivity index (χ4n) is 3.55. The zero-order valence-electron chi connectivity index (χ0n) is 14.6. The smallest absolute Gasteiger partial charge is 0.410 e. The number of rotatable bonds is 4. The van der Waals surface area contributed by atoms with Gasteiger partial charge in [0.05, 0.1) is 24.3 Å². The summed E-state index contributed by atoms with van der Waals surface area (Å²) in [4.78, 5) is 26.8. The molecule has 2 heterocycles. The largest absolute Gasteiger partial charge is 0.490 e. The van der Waals surface area contributed by atoms with Gasteiger partial charge >= 0.3 is 11.8 Å². The number of cyclic esters (lactones) is 1. The summed E-state index contributed by atoms with van der Waals surface area (Å²) in [5, 5.41) is 11.1. The second-order valence-corrected chi connectivity index (χ2v) is 7.32. The van der Waals surface area contributed by atoms with E-state index in [0.717, 1.165) is 51.0 Å². The van der Waals surface area contributed by atoms with Crippen molar-refractivity contribution in [2.45, 2.75) is 31.7 Å². The molecule has 0 saturated carbocycles. The Labute approximate surface area is 160 Å². The minimum absolute atomic E-state index is 0.0645. The second-order valence-electron chi connectivity index (χ2n) is 6.47. The third kappa shape index (κ3) is 3.87. The third-order valence-electron chi connectivity index (χ3n) is 4.94. The third-order valence-corrected chi connectivity index (χ3v) is 5.58. The maximum atomic E-state index is 12.1. The molecule has 0 radical (unpaired) electrons. The fraction of sp³-hybridized carbons (Fsp3) is 0.588. The first-order valence-corrected chi connectivity index (χ1v) is 9.51. The average molecular weight is 428 g/mol. The quantitative estimate of drug-likeness (QED) is 0.539. The first-order valence-electron chi connectivity index (χ1n) is 8.71. The van der Waals surface area contributed by atoms with Crippen LogP contribution < -0.4 is 9.64 Å². The van der Waals surface area contributed by atoms with E-state index in [0.29, 0.717) is 11.1 Å². The van der Waals surface area contributed by atoms with Gasteiger partial charge in [0.25, 0.3) is 0 Å². The van der Waals surface area contributed by atoms with Crippen LogP contribution in [0.5, 0.6) is 5.75 Å². The number of nitrogens with zero attached hydrogens (tertiary/aromatic N) is 3. The summed E-state index contributed by atoms with van der Waals surface area (Å²) in [6, 6.07) is 3.35. The highest BCUT2D eigenvalue weighted by molar-refractivity contribution is 9.10. The zero-order valence-corrected chi connectivity index (χ0v) is 16.2. The summed E-state index contributed by atoms with van der Waals surface area (Å²) in [5.41, 5.74) is 0.801. The molecule has 0 N–H and O–H groups in total. The van der Waals surface area contributed by atoms with Crippen LogP contribution in [-0.4, -0.2) is 55.3 Å². The maximum absolute atomic E-state index is 12.1. The number of hydrogen-bond donors (Lipinski definition) is 0. The molecule has 142 valence electrons. The number of ether oxygens (including phenoxy) is 2. The first kappa shape index (κ1) is 18.8. The van der Waals surface area contributed by atoms with Gasteiger partial charge in [0.1, 0.15) is 0 Å². The molecule has 0 aliphatic carbocycles. The van der Waals surface area contributed by atoms with Crippen molar-refractivity contribution in [3.63, 3.8) is 0 Å². The highest BCUT2D eigenvalue weighted by Crippen LogP contribution is 2.39.